The topological polar surface area (TPSA) is 109 Å². The van der Waals surface area contributed by atoms with Crippen molar-refractivity contribution >= 4 is 39.3 Å². The normalized spacial score (nSPS) is 14.8. The van der Waals surface area contributed by atoms with Gasteiger partial charge in [0, 0.05) is 4.47 Å². The van der Waals surface area contributed by atoms with Crippen molar-refractivity contribution in [2.75, 3.05) is 26.9 Å². The molecule has 1 atom stereocenters. The summed E-state index contributed by atoms with van der Waals surface area (Å²) in [5.41, 5.74) is 1.63. The van der Waals surface area contributed by atoms with Gasteiger partial charge in [0.1, 0.15) is 6.61 Å². The highest BCUT2D eigenvalue weighted by Gasteiger charge is 2.34. The first kappa shape index (κ1) is 29.2. The molecule has 11 heteroatoms. The Labute approximate surface area is 243 Å². The second-order valence-corrected chi connectivity index (χ2v) is 10.5. The van der Waals surface area contributed by atoms with Crippen LogP contribution in [-0.4, -0.2) is 42.6 Å². The number of carbonyl (C=O) groups excluding carboxylic acids is 1. The van der Waals surface area contributed by atoms with E-state index in [4.69, 9.17) is 18.9 Å². The number of phenolic OH excluding ortho intramolecular Hbond substituents is 1. The van der Waals surface area contributed by atoms with E-state index in [0.717, 1.165) is 0 Å². The molecular weight excluding hydrogens is 600 g/mol. The summed E-state index contributed by atoms with van der Waals surface area (Å²) in [6.45, 7) is 9.84. The third-order valence-electron chi connectivity index (χ3n) is 6.04. The van der Waals surface area contributed by atoms with Crippen LogP contribution in [0.3, 0.4) is 0 Å². The number of methoxy groups -OCH3 is 1. The molecule has 0 fully saturated rings. The van der Waals surface area contributed by atoms with Crippen molar-refractivity contribution < 1.29 is 28.8 Å². The minimum absolute atomic E-state index is 0.0340. The van der Waals surface area contributed by atoms with E-state index in [2.05, 4.69) is 27.5 Å². The quantitative estimate of drug-likeness (QED) is 0.264. The van der Waals surface area contributed by atoms with Crippen LogP contribution in [0.1, 0.15) is 37.9 Å². The minimum Gasteiger partial charge on any atom is -0.504 e. The Kier molecular flexibility index (Phi) is 9.16. The summed E-state index contributed by atoms with van der Waals surface area (Å²) in [6, 6.07) is 7.62. The lowest BCUT2D eigenvalue weighted by Crippen LogP contribution is -2.40. The Morgan fingerprint density at radius 3 is 2.62 bits per heavy atom. The molecule has 3 aromatic rings. The van der Waals surface area contributed by atoms with Gasteiger partial charge in [-0.1, -0.05) is 46.0 Å². The third-order valence-corrected chi connectivity index (χ3v) is 7.71. The van der Waals surface area contributed by atoms with E-state index in [9.17, 15) is 14.7 Å². The van der Waals surface area contributed by atoms with Crippen LogP contribution in [0.2, 0.25) is 0 Å². The number of nitrogens with zero attached hydrogens (tertiary/aromatic N) is 2. The van der Waals surface area contributed by atoms with Crippen molar-refractivity contribution in [1.82, 2.24) is 4.57 Å². The Bertz CT molecular complexity index is 1670. The first-order chi connectivity index (χ1) is 19.2. The molecule has 0 spiro atoms. The molecule has 1 N–H and O–H groups in total. The van der Waals surface area contributed by atoms with Gasteiger partial charge in [-0.05, 0) is 62.2 Å². The summed E-state index contributed by atoms with van der Waals surface area (Å²) in [7, 11) is 1.45. The molecule has 4 rings (SSSR count). The fourth-order valence-electron chi connectivity index (χ4n) is 4.31. The van der Waals surface area contributed by atoms with Crippen LogP contribution in [-0.2, 0) is 9.53 Å². The maximum atomic E-state index is 13.9. The van der Waals surface area contributed by atoms with Gasteiger partial charge in [-0.25, -0.2) is 9.79 Å². The van der Waals surface area contributed by atoms with Crippen LogP contribution in [0.15, 0.2) is 68.5 Å². The number of rotatable bonds is 10. The smallest absolute Gasteiger partial charge is 0.338 e. The van der Waals surface area contributed by atoms with Crippen LogP contribution in [0, 0.1) is 0 Å². The second kappa shape index (κ2) is 12.6. The molecule has 0 saturated heterocycles. The third kappa shape index (κ3) is 5.71. The van der Waals surface area contributed by atoms with Crippen molar-refractivity contribution in [1.29, 1.82) is 0 Å². The van der Waals surface area contributed by atoms with Crippen LogP contribution in [0.5, 0.6) is 23.0 Å². The number of hydrogen-bond donors (Lipinski definition) is 1. The summed E-state index contributed by atoms with van der Waals surface area (Å²) >= 11 is 4.63. The summed E-state index contributed by atoms with van der Waals surface area (Å²) < 4.78 is 24.7. The molecule has 210 valence electrons. The molecule has 1 aliphatic rings. The molecule has 2 heterocycles. The van der Waals surface area contributed by atoms with E-state index in [0.29, 0.717) is 55.3 Å². The summed E-state index contributed by atoms with van der Waals surface area (Å²) in [6.07, 6.45) is 3.32. The van der Waals surface area contributed by atoms with E-state index in [1.807, 2.05) is 6.92 Å². The van der Waals surface area contributed by atoms with Crippen molar-refractivity contribution in [3.8, 4) is 23.0 Å². The zero-order valence-electron chi connectivity index (χ0n) is 22.5. The number of esters is 1. The molecule has 0 saturated carbocycles. The number of hydrogen-bond acceptors (Lipinski definition) is 9. The van der Waals surface area contributed by atoms with Crippen LogP contribution in [0.4, 0.5) is 0 Å². The first-order valence-corrected chi connectivity index (χ1v) is 14.1. The van der Waals surface area contributed by atoms with Gasteiger partial charge in [-0.3, -0.25) is 9.36 Å². The van der Waals surface area contributed by atoms with E-state index in [-0.39, 0.29) is 29.2 Å². The van der Waals surface area contributed by atoms with Gasteiger partial charge in [0.25, 0.3) is 5.56 Å². The molecule has 0 unspecified atom stereocenters. The number of aromatic hydroxyl groups is 1. The molecule has 9 nitrogen and oxygen atoms in total. The Balaban J connectivity index is 1.96. The van der Waals surface area contributed by atoms with Gasteiger partial charge in [0.2, 0.25) is 0 Å². The van der Waals surface area contributed by atoms with Gasteiger partial charge >= 0.3 is 5.97 Å². The number of carbonyl (C=O) groups is 1. The first-order valence-electron chi connectivity index (χ1n) is 12.5. The predicted molar refractivity (Wildman–Crippen MR) is 156 cm³/mol. The second-order valence-electron chi connectivity index (χ2n) is 8.59. The monoisotopic (exact) mass is 628 g/mol. The molecule has 1 aromatic heterocycles. The average molecular weight is 630 g/mol. The van der Waals surface area contributed by atoms with Gasteiger partial charge < -0.3 is 24.1 Å². The highest BCUT2D eigenvalue weighted by atomic mass is 79.9. The minimum atomic E-state index is -0.817. The van der Waals surface area contributed by atoms with Gasteiger partial charge in [0.05, 0.1) is 42.2 Å². The molecule has 40 heavy (non-hydrogen) atoms. The summed E-state index contributed by atoms with van der Waals surface area (Å²) in [4.78, 5) is 32.2. The number of thiazole rings is 1. The van der Waals surface area contributed by atoms with Crippen molar-refractivity contribution in [2.45, 2.75) is 26.8 Å². The van der Waals surface area contributed by atoms with E-state index < -0.39 is 12.0 Å². The van der Waals surface area contributed by atoms with E-state index >= 15 is 0 Å². The van der Waals surface area contributed by atoms with Crippen LogP contribution < -0.4 is 29.1 Å². The van der Waals surface area contributed by atoms with Gasteiger partial charge in [-0.15, -0.1) is 0 Å². The highest BCUT2D eigenvalue weighted by molar-refractivity contribution is 9.10. The van der Waals surface area contributed by atoms with Crippen molar-refractivity contribution in [3.05, 3.63) is 89.5 Å². The maximum absolute atomic E-state index is 13.9. The summed E-state index contributed by atoms with van der Waals surface area (Å²) in [5, 5.41) is 10.1. The Morgan fingerprint density at radius 2 is 1.95 bits per heavy atom. The highest BCUT2D eigenvalue weighted by Crippen LogP contribution is 2.37. The number of fused-ring (bicyclic) bond motifs is 1. The zero-order valence-corrected chi connectivity index (χ0v) is 24.9. The lowest BCUT2D eigenvalue weighted by atomic mass is 9.95. The average Bonchev–Trinajstić information content (AvgIpc) is 3.23. The van der Waals surface area contributed by atoms with Gasteiger partial charge in [-0.2, -0.15) is 0 Å². The van der Waals surface area contributed by atoms with E-state index in [1.54, 1.807) is 50.3 Å². The number of aromatic nitrogens is 1. The zero-order chi connectivity index (χ0) is 29.0. The Hall–Kier alpha value is -3.83. The predicted octanol–water partition coefficient (Wildman–Crippen LogP) is 4.24. The molecule has 1 aliphatic heterocycles. The molecular formula is C29H29BrN2O7S. The van der Waals surface area contributed by atoms with Crippen molar-refractivity contribution in [2.24, 2.45) is 4.99 Å². The molecule has 2 aromatic carbocycles. The largest absolute Gasteiger partial charge is 0.504 e. The van der Waals surface area contributed by atoms with Crippen LogP contribution in [0.25, 0.3) is 6.08 Å². The molecule has 0 amide bonds. The van der Waals surface area contributed by atoms with E-state index in [1.165, 1.54) is 29.1 Å². The molecule has 0 bridgehead atoms. The number of benzene rings is 2. The number of allylic oxidation sites excluding steroid dienone is 1. The fraction of sp³-hybridized carbons (Fsp3) is 0.276. The Morgan fingerprint density at radius 1 is 1.18 bits per heavy atom. The van der Waals surface area contributed by atoms with Gasteiger partial charge in [0.15, 0.2) is 27.8 Å². The lowest BCUT2D eigenvalue weighted by molar-refractivity contribution is -0.139. The number of phenols is 1. The fourth-order valence-corrected chi connectivity index (χ4v) is 5.80. The number of halogens is 1. The number of ether oxygens (including phenoxy) is 4. The lowest BCUT2D eigenvalue weighted by Gasteiger charge is -2.25. The molecule has 0 aliphatic carbocycles. The molecule has 0 radical (unpaired) electrons. The standard InChI is InChI=1S/C29H29BrN2O7S/c1-6-11-39-21-10-9-17(12-23(21)37-7-2)26-25(28(35)38-8-3)16(4)31-29-32(26)27(34)24(40-29)14-18-13-22(36-5)20(33)15-19(18)30/h6,9-10,12-15,26,33H,1,7-8,11H2,2-5H3/b24-14-/t26-/m0/s1. The maximum Gasteiger partial charge on any atom is 0.338 e. The van der Waals surface area contributed by atoms with Crippen molar-refractivity contribution in [3.63, 3.8) is 0 Å². The SMILES string of the molecule is C=CCOc1ccc([C@H]2C(C(=O)OCC)=C(C)N=c3s/c(=C\c4cc(OC)c(O)cc4Br)c(=O)n32)cc1OCC. The summed E-state index contributed by atoms with van der Waals surface area (Å²) in [5.74, 6) is 0.666. The van der Waals surface area contributed by atoms with Crippen LogP contribution >= 0.6 is 27.3 Å².